The van der Waals surface area contributed by atoms with E-state index in [0.717, 1.165) is 39.9 Å². The van der Waals surface area contributed by atoms with Gasteiger partial charge in [-0.2, -0.15) is 0 Å². The molecule has 0 saturated carbocycles. The number of aromatic amines is 1. The number of ether oxygens (including phenoxy) is 2. The van der Waals surface area contributed by atoms with E-state index in [1.54, 1.807) is 19.1 Å². The van der Waals surface area contributed by atoms with Crippen LogP contribution in [0.1, 0.15) is 29.8 Å². The summed E-state index contributed by atoms with van der Waals surface area (Å²) >= 11 is 0. The van der Waals surface area contributed by atoms with E-state index in [1.165, 1.54) is 0 Å². The number of H-pyrrole nitrogens is 1. The summed E-state index contributed by atoms with van der Waals surface area (Å²) in [5.74, 6) is 1.69. The van der Waals surface area contributed by atoms with Crippen LogP contribution in [0.3, 0.4) is 0 Å². The number of hydrogen-bond acceptors (Lipinski definition) is 4. The molecule has 1 atom stereocenters. The Kier molecular flexibility index (Phi) is 3.16. The van der Waals surface area contributed by atoms with Crippen molar-refractivity contribution >= 4 is 16.8 Å². The molecule has 2 aliphatic rings. The molecule has 1 aromatic heterocycles. The monoisotopic (exact) mass is 350 g/mol. The second kappa shape index (κ2) is 5.42. The third kappa shape index (κ3) is 2.15. The van der Waals surface area contributed by atoms with Crippen molar-refractivity contribution < 1.29 is 19.4 Å². The largest absolute Gasteiger partial charge is 0.508 e. The predicted octanol–water partition coefficient (Wildman–Crippen LogP) is 3.10. The van der Waals surface area contributed by atoms with Gasteiger partial charge in [0.1, 0.15) is 5.75 Å². The number of nitrogens with zero attached hydrogens (tertiary/aromatic N) is 1. The molecule has 132 valence electrons. The van der Waals surface area contributed by atoms with Gasteiger partial charge in [0, 0.05) is 30.1 Å². The zero-order valence-electron chi connectivity index (χ0n) is 14.3. The fourth-order valence-electron chi connectivity index (χ4n) is 4.05. The zero-order valence-corrected chi connectivity index (χ0v) is 14.3. The lowest BCUT2D eigenvalue weighted by molar-refractivity contribution is -0.130. The summed E-state index contributed by atoms with van der Waals surface area (Å²) in [6.07, 6.45) is 0.749. The fraction of sp³-hybridized carbons (Fsp3) is 0.250. The normalized spacial score (nSPS) is 18.2. The first-order valence-electron chi connectivity index (χ1n) is 8.62. The van der Waals surface area contributed by atoms with E-state index in [2.05, 4.69) is 4.98 Å². The predicted molar refractivity (Wildman–Crippen MR) is 95.5 cm³/mol. The van der Waals surface area contributed by atoms with Crippen molar-refractivity contribution in [2.75, 3.05) is 13.3 Å². The van der Waals surface area contributed by atoms with Crippen LogP contribution in [-0.4, -0.2) is 34.2 Å². The van der Waals surface area contributed by atoms with Crippen LogP contribution in [0.4, 0.5) is 0 Å². The third-order valence-corrected chi connectivity index (χ3v) is 5.23. The number of hydrogen-bond donors (Lipinski definition) is 2. The van der Waals surface area contributed by atoms with Gasteiger partial charge in [-0.25, -0.2) is 0 Å². The van der Waals surface area contributed by atoms with Gasteiger partial charge in [0.25, 0.3) is 0 Å². The number of carbonyl (C=O) groups is 1. The van der Waals surface area contributed by atoms with Gasteiger partial charge in [-0.3, -0.25) is 4.79 Å². The number of aromatic nitrogens is 1. The Balaban J connectivity index is 1.71. The summed E-state index contributed by atoms with van der Waals surface area (Å²) in [4.78, 5) is 17.6. The van der Waals surface area contributed by atoms with E-state index in [4.69, 9.17) is 9.47 Å². The van der Waals surface area contributed by atoms with Crippen LogP contribution in [-0.2, 0) is 11.2 Å². The maximum atomic E-state index is 12.3. The molecular formula is C20H18N2O4. The topological polar surface area (TPSA) is 74.8 Å². The Bertz CT molecular complexity index is 1040. The average molecular weight is 350 g/mol. The second-order valence-electron chi connectivity index (χ2n) is 6.72. The molecule has 3 heterocycles. The SMILES string of the molecule is CC(=O)N1CCc2c([nH]c3ccc(O)cc23)C1c1ccc2c(c1)OCO2. The highest BCUT2D eigenvalue weighted by atomic mass is 16.7. The number of carbonyl (C=O) groups excluding carboxylic acids is 1. The molecule has 2 aliphatic heterocycles. The van der Waals surface area contributed by atoms with E-state index < -0.39 is 0 Å². The van der Waals surface area contributed by atoms with Crippen molar-refractivity contribution in [1.82, 2.24) is 9.88 Å². The number of nitrogens with one attached hydrogen (secondary N) is 1. The Morgan fingerprint density at radius 1 is 1.19 bits per heavy atom. The van der Waals surface area contributed by atoms with Crippen LogP contribution < -0.4 is 9.47 Å². The Morgan fingerprint density at radius 2 is 2.04 bits per heavy atom. The molecule has 2 aromatic carbocycles. The smallest absolute Gasteiger partial charge is 0.231 e. The molecule has 0 saturated heterocycles. The minimum atomic E-state index is -0.222. The van der Waals surface area contributed by atoms with Crippen LogP contribution in [0.15, 0.2) is 36.4 Å². The molecule has 0 aliphatic carbocycles. The summed E-state index contributed by atoms with van der Waals surface area (Å²) < 4.78 is 10.9. The quantitative estimate of drug-likeness (QED) is 0.707. The maximum absolute atomic E-state index is 12.3. The van der Waals surface area contributed by atoms with E-state index >= 15 is 0 Å². The molecule has 5 rings (SSSR count). The maximum Gasteiger partial charge on any atom is 0.231 e. The van der Waals surface area contributed by atoms with E-state index in [-0.39, 0.29) is 24.5 Å². The lowest BCUT2D eigenvalue weighted by Crippen LogP contribution is -2.39. The molecule has 26 heavy (non-hydrogen) atoms. The van der Waals surface area contributed by atoms with Crippen LogP contribution >= 0.6 is 0 Å². The molecule has 0 spiro atoms. The highest BCUT2D eigenvalue weighted by Crippen LogP contribution is 2.42. The highest BCUT2D eigenvalue weighted by Gasteiger charge is 2.34. The van der Waals surface area contributed by atoms with Crippen LogP contribution in [0.2, 0.25) is 0 Å². The zero-order chi connectivity index (χ0) is 17.8. The summed E-state index contributed by atoms with van der Waals surface area (Å²) in [5, 5.41) is 10.9. The molecule has 0 bridgehead atoms. The van der Waals surface area contributed by atoms with Gasteiger partial charge in [-0.1, -0.05) is 6.07 Å². The number of amides is 1. The van der Waals surface area contributed by atoms with Crippen molar-refractivity contribution in [1.29, 1.82) is 0 Å². The first-order chi connectivity index (χ1) is 12.6. The first-order valence-corrected chi connectivity index (χ1v) is 8.62. The van der Waals surface area contributed by atoms with E-state index in [1.807, 2.05) is 29.2 Å². The van der Waals surface area contributed by atoms with Crippen LogP contribution in [0, 0.1) is 0 Å². The van der Waals surface area contributed by atoms with Gasteiger partial charge in [0.2, 0.25) is 12.7 Å². The Morgan fingerprint density at radius 3 is 2.88 bits per heavy atom. The highest BCUT2D eigenvalue weighted by molar-refractivity contribution is 5.87. The number of benzene rings is 2. The molecule has 0 fully saturated rings. The Hall–Kier alpha value is -3.15. The standard InChI is InChI=1S/C20H18N2O4/c1-11(23)22-7-6-14-15-9-13(24)3-4-16(15)21-19(14)20(22)12-2-5-17-18(8-12)26-10-25-17/h2-5,8-9,20-21,24H,6-7,10H2,1H3. The number of rotatable bonds is 1. The van der Waals surface area contributed by atoms with Crippen molar-refractivity contribution in [3.63, 3.8) is 0 Å². The number of fused-ring (bicyclic) bond motifs is 4. The number of aromatic hydroxyl groups is 1. The molecule has 6 nitrogen and oxygen atoms in total. The molecule has 0 radical (unpaired) electrons. The summed E-state index contributed by atoms with van der Waals surface area (Å²) in [6.45, 7) is 2.44. The summed E-state index contributed by atoms with van der Waals surface area (Å²) in [6, 6.07) is 10.9. The molecule has 2 N–H and O–H groups in total. The average Bonchev–Trinajstić information content (AvgIpc) is 3.24. The van der Waals surface area contributed by atoms with Gasteiger partial charge in [-0.05, 0) is 47.9 Å². The minimum Gasteiger partial charge on any atom is -0.508 e. The van der Waals surface area contributed by atoms with Crippen molar-refractivity contribution in [2.24, 2.45) is 0 Å². The molecule has 6 heteroatoms. The lowest BCUT2D eigenvalue weighted by atomic mass is 9.92. The number of phenolic OH excluding ortho intramolecular Hbond substituents is 1. The van der Waals surface area contributed by atoms with E-state index in [9.17, 15) is 9.90 Å². The summed E-state index contributed by atoms with van der Waals surface area (Å²) in [5.41, 5.74) is 4.08. The molecule has 1 unspecified atom stereocenters. The van der Waals surface area contributed by atoms with Gasteiger partial charge in [0.05, 0.1) is 6.04 Å². The lowest BCUT2D eigenvalue weighted by Gasteiger charge is -2.35. The van der Waals surface area contributed by atoms with E-state index in [0.29, 0.717) is 12.3 Å². The van der Waals surface area contributed by atoms with Crippen molar-refractivity contribution in [2.45, 2.75) is 19.4 Å². The van der Waals surface area contributed by atoms with Gasteiger partial charge in [0.15, 0.2) is 11.5 Å². The van der Waals surface area contributed by atoms with Crippen LogP contribution in [0.25, 0.3) is 10.9 Å². The van der Waals surface area contributed by atoms with Gasteiger partial charge in [-0.15, -0.1) is 0 Å². The number of phenols is 1. The second-order valence-corrected chi connectivity index (χ2v) is 6.72. The Labute approximate surface area is 149 Å². The van der Waals surface area contributed by atoms with Gasteiger partial charge >= 0.3 is 0 Å². The minimum absolute atomic E-state index is 0.0276. The summed E-state index contributed by atoms with van der Waals surface area (Å²) in [7, 11) is 0. The molecule has 3 aromatic rings. The molecular weight excluding hydrogens is 332 g/mol. The fourth-order valence-corrected chi connectivity index (χ4v) is 4.05. The third-order valence-electron chi connectivity index (χ3n) is 5.23. The van der Waals surface area contributed by atoms with Gasteiger partial charge < -0.3 is 24.5 Å². The van der Waals surface area contributed by atoms with Crippen molar-refractivity contribution in [3.8, 4) is 17.2 Å². The molecule has 1 amide bonds. The van der Waals surface area contributed by atoms with Crippen LogP contribution in [0.5, 0.6) is 17.2 Å². The first kappa shape index (κ1) is 15.1. The van der Waals surface area contributed by atoms with Crippen molar-refractivity contribution in [3.05, 3.63) is 53.2 Å².